The first kappa shape index (κ1) is 18.7. The van der Waals surface area contributed by atoms with Gasteiger partial charge < -0.3 is 14.9 Å². The van der Waals surface area contributed by atoms with Gasteiger partial charge in [-0.2, -0.15) is 5.10 Å². The Bertz CT molecular complexity index is 1520. The van der Waals surface area contributed by atoms with Crippen molar-refractivity contribution < 1.29 is 0 Å². The van der Waals surface area contributed by atoms with Crippen molar-refractivity contribution in [1.29, 1.82) is 0 Å². The Morgan fingerprint density at radius 1 is 1.22 bits per heavy atom. The molecule has 0 saturated heterocycles. The zero-order valence-corrected chi connectivity index (χ0v) is 17.8. The summed E-state index contributed by atoms with van der Waals surface area (Å²) in [6, 6.07) is 8.18. The average Bonchev–Trinajstić information content (AvgIpc) is 3.33. The number of benzene rings is 1. The number of nitrogens with zero attached hydrogens (tertiary/aromatic N) is 6. The summed E-state index contributed by atoms with van der Waals surface area (Å²) in [5.74, 6) is 0.641. The number of aryl methyl sites for hydroxylation is 1. The fourth-order valence-electron chi connectivity index (χ4n) is 4.39. The first-order chi connectivity index (χ1) is 15.6. The van der Waals surface area contributed by atoms with Crippen LogP contribution in [0.25, 0.3) is 33.1 Å². The van der Waals surface area contributed by atoms with E-state index in [0.717, 1.165) is 40.4 Å². The highest BCUT2D eigenvalue weighted by Gasteiger charge is 2.30. The van der Waals surface area contributed by atoms with Gasteiger partial charge in [-0.3, -0.25) is 9.48 Å². The van der Waals surface area contributed by atoms with Crippen LogP contribution in [0.15, 0.2) is 54.1 Å². The third kappa shape index (κ3) is 2.96. The highest BCUT2D eigenvalue weighted by atomic mass is 16.1. The molecule has 0 spiro atoms. The Kier molecular flexibility index (Phi) is 4.11. The third-order valence-corrected chi connectivity index (χ3v) is 6.05. The number of hydrogen-bond donors (Lipinski definition) is 2. The maximum Gasteiger partial charge on any atom is 0.259 e. The minimum atomic E-state index is -0.149. The molecule has 1 fully saturated rings. The molecule has 32 heavy (non-hydrogen) atoms. The summed E-state index contributed by atoms with van der Waals surface area (Å²) in [7, 11) is 1.88. The van der Waals surface area contributed by atoms with E-state index in [0.29, 0.717) is 17.0 Å². The zero-order chi connectivity index (χ0) is 21.8. The van der Waals surface area contributed by atoms with E-state index >= 15 is 0 Å². The third-order valence-electron chi connectivity index (χ3n) is 6.05. The first-order valence-electron chi connectivity index (χ1n) is 10.7. The first-order valence-corrected chi connectivity index (χ1v) is 10.7. The van der Waals surface area contributed by atoms with E-state index in [-0.39, 0.29) is 17.6 Å². The minimum absolute atomic E-state index is 0.0423. The molecule has 0 unspecified atom stereocenters. The lowest BCUT2D eigenvalue weighted by molar-refractivity contribution is 0.636. The molecule has 0 radical (unpaired) electrons. The van der Waals surface area contributed by atoms with Gasteiger partial charge in [0.05, 0.1) is 24.0 Å². The van der Waals surface area contributed by atoms with Crippen molar-refractivity contribution in [2.24, 2.45) is 7.05 Å². The van der Waals surface area contributed by atoms with Crippen LogP contribution < -0.4 is 10.9 Å². The molecule has 0 amide bonds. The molecule has 1 aromatic carbocycles. The Hall–Kier alpha value is -4.01. The maximum atomic E-state index is 13.8. The van der Waals surface area contributed by atoms with Gasteiger partial charge in [-0.25, -0.2) is 15.0 Å². The van der Waals surface area contributed by atoms with Crippen LogP contribution in [0.5, 0.6) is 0 Å². The number of imidazole rings is 1. The van der Waals surface area contributed by atoms with Gasteiger partial charge in [0.15, 0.2) is 11.5 Å². The van der Waals surface area contributed by atoms with E-state index < -0.39 is 0 Å². The predicted octanol–water partition coefficient (Wildman–Crippen LogP) is 3.58. The molecule has 0 bridgehead atoms. The monoisotopic (exact) mass is 426 g/mol. The van der Waals surface area contributed by atoms with E-state index in [1.165, 1.54) is 6.33 Å². The van der Waals surface area contributed by atoms with E-state index in [1.54, 1.807) is 17.2 Å². The van der Waals surface area contributed by atoms with Crippen molar-refractivity contribution in [2.45, 2.75) is 31.8 Å². The minimum Gasteiger partial charge on any atom is -0.360 e. The number of anilines is 1. The summed E-state index contributed by atoms with van der Waals surface area (Å²) in [5, 5.41) is 9.39. The number of pyridine rings is 1. The van der Waals surface area contributed by atoms with Crippen molar-refractivity contribution in [3.8, 4) is 11.1 Å². The Balaban J connectivity index is 1.51. The SMILES string of the molecule is C[C@@H](Nc1ncnc2[nH]cnc12)c1cc2cccc(-c3cnn(C)c3)c2c(=O)n1C1CC1. The largest absolute Gasteiger partial charge is 0.360 e. The lowest BCUT2D eigenvalue weighted by Gasteiger charge is -2.21. The zero-order valence-electron chi connectivity index (χ0n) is 17.8. The molecular formula is C23H22N8O. The normalized spacial score (nSPS) is 14.8. The molecule has 9 heteroatoms. The second kappa shape index (κ2) is 7.01. The molecule has 0 aliphatic heterocycles. The summed E-state index contributed by atoms with van der Waals surface area (Å²) >= 11 is 0. The molecule has 1 atom stereocenters. The lowest BCUT2D eigenvalue weighted by Crippen LogP contribution is -2.26. The molecular weight excluding hydrogens is 404 g/mol. The standard InChI is InChI=1S/C23H22N8O/c1-13(29-22-20-21(25-11-24-20)26-12-27-22)18-8-14-4-3-5-17(15-9-28-30(2)10-15)19(14)23(32)31(18)16-6-7-16/h3-5,8-13,16H,6-7H2,1-2H3,(H2,24,25,26,27,29)/t13-/m1/s1. The molecule has 4 heterocycles. The second-order valence-electron chi connectivity index (χ2n) is 8.34. The Labute approximate surface area is 183 Å². The molecule has 9 nitrogen and oxygen atoms in total. The van der Waals surface area contributed by atoms with Crippen molar-refractivity contribution >= 4 is 27.8 Å². The van der Waals surface area contributed by atoms with Gasteiger partial charge in [0.25, 0.3) is 5.56 Å². The number of rotatable bonds is 5. The number of hydrogen-bond acceptors (Lipinski definition) is 6. The number of aromatic amines is 1. The van der Waals surface area contributed by atoms with Gasteiger partial charge in [0.1, 0.15) is 11.8 Å². The van der Waals surface area contributed by atoms with Crippen molar-refractivity contribution in [3.63, 3.8) is 0 Å². The smallest absolute Gasteiger partial charge is 0.259 e. The lowest BCUT2D eigenvalue weighted by atomic mass is 10.00. The quantitative estimate of drug-likeness (QED) is 0.445. The van der Waals surface area contributed by atoms with Gasteiger partial charge in [0, 0.05) is 30.5 Å². The number of aromatic nitrogens is 7. The number of H-pyrrole nitrogens is 1. The van der Waals surface area contributed by atoms with Crippen LogP contribution in [0.4, 0.5) is 5.82 Å². The summed E-state index contributed by atoms with van der Waals surface area (Å²) in [6.07, 6.45) is 8.88. The second-order valence-corrected chi connectivity index (χ2v) is 8.34. The Morgan fingerprint density at radius 2 is 2.09 bits per heavy atom. The predicted molar refractivity (Wildman–Crippen MR) is 122 cm³/mol. The van der Waals surface area contributed by atoms with E-state index in [1.807, 2.05) is 42.9 Å². The molecule has 2 N–H and O–H groups in total. The highest BCUT2D eigenvalue weighted by Crippen LogP contribution is 2.38. The fourth-order valence-corrected chi connectivity index (χ4v) is 4.39. The molecule has 6 rings (SSSR count). The molecule has 1 saturated carbocycles. The van der Waals surface area contributed by atoms with Gasteiger partial charge in [-0.15, -0.1) is 0 Å². The van der Waals surface area contributed by atoms with Crippen molar-refractivity contribution in [1.82, 2.24) is 34.3 Å². The summed E-state index contributed by atoms with van der Waals surface area (Å²) < 4.78 is 3.72. The molecule has 160 valence electrons. The molecule has 1 aliphatic rings. The number of nitrogens with one attached hydrogen (secondary N) is 2. The van der Waals surface area contributed by atoms with Crippen LogP contribution in [0.2, 0.25) is 0 Å². The van der Waals surface area contributed by atoms with Crippen LogP contribution >= 0.6 is 0 Å². The van der Waals surface area contributed by atoms with Crippen LogP contribution in [0.3, 0.4) is 0 Å². The average molecular weight is 426 g/mol. The van der Waals surface area contributed by atoms with E-state index in [2.05, 4.69) is 36.4 Å². The molecule has 1 aliphatic carbocycles. The van der Waals surface area contributed by atoms with Crippen molar-refractivity contribution in [2.75, 3.05) is 5.32 Å². The summed E-state index contributed by atoms with van der Waals surface area (Å²) in [4.78, 5) is 29.7. The van der Waals surface area contributed by atoms with Crippen LogP contribution in [-0.4, -0.2) is 34.3 Å². The molecule has 5 aromatic rings. The van der Waals surface area contributed by atoms with Gasteiger partial charge in [0.2, 0.25) is 0 Å². The summed E-state index contributed by atoms with van der Waals surface area (Å²) in [6.45, 7) is 2.05. The van der Waals surface area contributed by atoms with E-state index in [9.17, 15) is 4.79 Å². The van der Waals surface area contributed by atoms with E-state index in [4.69, 9.17) is 0 Å². The van der Waals surface area contributed by atoms with Crippen LogP contribution in [0, 0.1) is 0 Å². The highest BCUT2D eigenvalue weighted by molar-refractivity contribution is 5.96. The topological polar surface area (TPSA) is 106 Å². The van der Waals surface area contributed by atoms with Crippen LogP contribution in [0.1, 0.15) is 37.5 Å². The van der Waals surface area contributed by atoms with Gasteiger partial charge in [-0.05, 0) is 36.8 Å². The summed E-state index contributed by atoms with van der Waals surface area (Å²) in [5.41, 5.74) is 4.19. The number of fused-ring (bicyclic) bond motifs is 2. The van der Waals surface area contributed by atoms with Gasteiger partial charge in [-0.1, -0.05) is 18.2 Å². The van der Waals surface area contributed by atoms with Crippen LogP contribution in [-0.2, 0) is 7.05 Å². The Morgan fingerprint density at radius 3 is 2.88 bits per heavy atom. The van der Waals surface area contributed by atoms with Gasteiger partial charge >= 0.3 is 0 Å². The molecule has 4 aromatic heterocycles. The fraction of sp³-hybridized carbons (Fsp3) is 0.261. The maximum absolute atomic E-state index is 13.8. The van der Waals surface area contributed by atoms with Crippen molar-refractivity contribution in [3.05, 3.63) is 65.4 Å².